The summed E-state index contributed by atoms with van der Waals surface area (Å²) in [5.41, 5.74) is 1.90. The van der Waals surface area contributed by atoms with E-state index in [1.807, 2.05) is 24.3 Å². The number of aryl methyl sites for hydroxylation is 1. The summed E-state index contributed by atoms with van der Waals surface area (Å²) in [6.45, 7) is 3.79. The van der Waals surface area contributed by atoms with Crippen molar-refractivity contribution in [2.45, 2.75) is 16.7 Å². The van der Waals surface area contributed by atoms with Gasteiger partial charge in [-0.1, -0.05) is 18.2 Å². The summed E-state index contributed by atoms with van der Waals surface area (Å²) in [4.78, 5) is 16.2. The summed E-state index contributed by atoms with van der Waals surface area (Å²) in [7, 11) is -3.66. The van der Waals surface area contributed by atoms with Gasteiger partial charge >= 0.3 is 0 Å². The molecular weight excluding hydrogens is 396 g/mol. The number of ether oxygens (including phenoxy) is 1. The average molecular weight is 419 g/mol. The van der Waals surface area contributed by atoms with Crippen LogP contribution in [0.25, 0.3) is 0 Å². The van der Waals surface area contributed by atoms with Gasteiger partial charge < -0.3 is 9.64 Å². The molecule has 1 fully saturated rings. The van der Waals surface area contributed by atoms with Gasteiger partial charge in [-0.3, -0.25) is 4.79 Å². The predicted octanol–water partition coefficient (Wildman–Crippen LogP) is 2.77. The van der Waals surface area contributed by atoms with E-state index >= 15 is 0 Å². The maximum atomic E-state index is 13.2. The number of para-hydroxylation sites is 1. The van der Waals surface area contributed by atoms with Gasteiger partial charge in [0.15, 0.2) is 0 Å². The van der Waals surface area contributed by atoms with E-state index in [2.05, 4.69) is 0 Å². The second-order valence-corrected chi connectivity index (χ2v) is 9.81. The Balaban J connectivity index is 1.69. The highest BCUT2D eigenvalue weighted by molar-refractivity contribution is 7.99. The molecule has 148 valence electrons. The van der Waals surface area contributed by atoms with Crippen LogP contribution < -0.4 is 4.90 Å². The second-order valence-electron chi connectivity index (χ2n) is 6.77. The van der Waals surface area contributed by atoms with Gasteiger partial charge in [-0.25, -0.2) is 8.42 Å². The van der Waals surface area contributed by atoms with Crippen molar-refractivity contribution in [2.24, 2.45) is 0 Å². The summed E-state index contributed by atoms with van der Waals surface area (Å²) in [6, 6.07) is 12.7. The number of thioether (sulfide) groups is 1. The molecule has 1 saturated heterocycles. The van der Waals surface area contributed by atoms with Crippen molar-refractivity contribution >= 4 is 33.4 Å². The number of anilines is 1. The van der Waals surface area contributed by atoms with Crippen molar-refractivity contribution in [2.75, 3.05) is 43.5 Å². The average Bonchev–Trinajstić information content (AvgIpc) is 2.73. The minimum absolute atomic E-state index is 0.175. The molecule has 2 aliphatic heterocycles. The van der Waals surface area contributed by atoms with Crippen LogP contribution in [0.2, 0.25) is 0 Å². The van der Waals surface area contributed by atoms with Crippen molar-refractivity contribution in [3.05, 3.63) is 53.6 Å². The van der Waals surface area contributed by atoms with E-state index in [0.29, 0.717) is 44.0 Å². The Hall–Kier alpha value is -1.87. The van der Waals surface area contributed by atoms with Gasteiger partial charge in [-0.15, -0.1) is 11.8 Å². The molecule has 8 heteroatoms. The van der Waals surface area contributed by atoms with E-state index < -0.39 is 10.0 Å². The second kappa shape index (κ2) is 7.87. The highest BCUT2D eigenvalue weighted by Crippen LogP contribution is 2.35. The number of rotatable bonds is 3. The first-order valence-corrected chi connectivity index (χ1v) is 11.6. The van der Waals surface area contributed by atoms with Gasteiger partial charge in [-0.2, -0.15) is 4.31 Å². The Morgan fingerprint density at radius 3 is 2.61 bits per heavy atom. The van der Waals surface area contributed by atoms with Gasteiger partial charge in [0.25, 0.3) is 5.91 Å². The first kappa shape index (κ1) is 19.4. The fraction of sp³-hybridized carbons (Fsp3) is 0.350. The van der Waals surface area contributed by atoms with E-state index in [-0.39, 0.29) is 10.8 Å². The van der Waals surface area contributed by atoms with Crippen molar-refractivity contribution in [1.29, 1.82) is 0 Å². The number of hydrogen-bond donors (Lipinski definition) is 0. The fourth-order valence-electron chi connectivity index (χ4n) is 3.47. The van der Waals surface area contributed by atoms with Gasteiger partial charge in [0.1, 0.15) is 0 Å². The lowest BCUT2D eigenvalue weighted by molar-refractivity contribution is 0.0730. The summed E-state index contributed by atoms with van der Waals surface area (Å²) in [5, 5.41) is 0. The molecule has 0 aliphatic carbocycles. The third-order valence-corrected chi connectivity index (χ3v) is 8.08. The lowest BCUT2D eigenvalue weighted by Gasteiger charge is -2.29. The Labute approximate surface area is 169 Å². The molecule has 0 aromatic heterocycles. The highest BCUT2D eigenvalue weighted by atomic mass is 32.2. The zero-order valence-electron chi connectivity index (χ0n) is 15.6. The molecule has 0 unspecified atom stereocenters. The molecule has 0 radical (unpaired) electrons. The lowest BCUT2D eigenvalue weighted by Crippen LogP contribution is -2.41. The summed E-state index contributed by atoms with van der Waals surface area (Å²) in [6.07, 6.45) is 0. The first-order chi connectivity index (χ1) is 13.5. The quantitative estimate of drug-likeness (QED) is 0.767. The van der Waals surface area contributed by atoms with E-state index in [0.717, 1.165) is 16.3 Å². The van der Waals surface area contributed by atoms with Crippen LogP contribution in [-0.4, -0.2) is 57.2 Å². The molecule has 28 heavy (non-hydrogen) atoms. The van der Waals surface area contributed by atoms with Crippen LogP contribution in [0.1, 0.15) is 15.9 Å². The molecule has 6 nitrogen and oxygen atoms in total. The van der Waals surface area contributed by atoms with Crippen molar-refractivity contribution in [3.63, 3.8) is 0 Å². The number of carbonyl (C=O) groups excluding carboxylic acids is 1. The molecule has 2 aliphatic rings. The molecule has 1 amide bonds. The monoisotopic (exact) mass is 418 g/mol. The summed E-state index contributed by atoms with van der Waals surface area (Å²) >= 11 is 1.73. The standard InChI is InChI=1S/C20H22N2O4S2/c1-15-6-7-16(14-19(15)28(24,25)21-8-11-26-12-9-21)20(23)22-10-13-27-18-5-3-2-4-17(18)22/h2-7,14H,8-13H2,1H3. The van der Waals surface area contributed by atoms with Crippen LogP contribution in [0.4, 0.5) is 5.69 Å². The Morgan fingerprint density at radius 1 is 1.07 bits per heavy atom. The number of carbonyl (C=O) groups is 1. The minimum Gasteiger partial charge on any atom is -0.379 e. The van der Waals surface area contributed by atoms with E-state index in [9.17, 15) is 13.2 Å². The largest absolute Gasteiger partial charge is 0.379 e. The molecule has 4 rings (SSSR count). The van der Waals surface area contributed by atoms with Crippen LogP contribution in [0.15, 0.2) is 52.3 Å². The van der Waals surface area contributed by atoms with Crippen molar-refractivity contribution in [1.82, 2.24) is 4.31 Å². The minimum atomic E-state index is -3.66. The third-order valence-electron chi connectivity index (χ3n) is 5.00. The molecule has 0 saturated carbocycles. The van der Waals surface area contributed by atoms with Crippen molar-refractivity contribution < 1.29 is 17.9 Å². The molecular formula is C20H22N2O4S2. The molecule has 0 spiro atoms. The van der Waals surface area contributed by atoms with Gasteiger partial charge in [0.2, 0.25) is 10.0 Å². The number of benzene rings is 2. The zero-order valence-corrected chi connectivity index (χ0v) is 17.3. The maximum absolute atomic E-state index is 13.2. The number of morpholine rings is 1. The zero-order chi connectivity index (χ0) is 19.7. The van der Waals surface area contributed by atoms with Crippen molar-refractivity contribution in [3.8, 4) is 0 Å². The Kier molecular flexibility index (Phi) is 5.46. The molecule has 0 N–H and O–H groups in total. The van der Waals surface area contributed by atoms with Crippen LogP contribution >= 0.6 is 11.8 Å². The van der Waals surface area contributed by atoms with Gasteiger partial charge in [0.05, 0.1) is 23.8 Å². The Bertz CT molecular complexity index is 1000. The number of fused-ring (bicyclic) bond motifs is 1. The first-order valence-electron chi connectivity index (χ1n) is 9.21. The fourth-order valence-corrected chi connectivity index (χ4v) is 6.13. The van der Waals surface area contributed by atoms with Crippen LogP contribution in [0.5, 0.6) is 0 Å². The van der Waals surface area contributed by atoms with Crippen LogP contribution in [-0.2, 0) is 14.8 Å². The van der Waals surface area contributed by atoms with E-state index in [4.69, 9.17) is 4.74 Å². The van der Waals surface area contributed by atoms with Gasteiger partial charge in [-0.05, 0) is 36.8 Å². The van der Waals surface area contributed by atoms with Gasteiger partial charge in [0, 0.05) is 35.8 Å². The lowest BCUT2D eigenvalue weighted by atomic mass is 10.1. The molecule has 2 aromatic rings. The number of sulfonamides is 1. The third kappa shape index (κ3) is 3.57. The number of hydrogen-bond acceptors (Lipinski definition) is 5. The van der Waals surface area contributed by atoms with E-state index in [1.165, 1.54) is 10.4 Å². The summed E-state index contributed by atoms with van der Waals surface area (Å²) < 4.78 is 32.9. The van der Waals surface area contributed by atoms with Crippen LogP contribution in [0.3, 0.4) is 0 Å². The SMILES string of the molecule is Cc1ccc(C(=O)N2CCSc3ccccc32)cc1S(=O)(=O)N1CCOCC1. The van der Waals surface area contributed by atoms with Crippen LogP contribution in [0, 0.1) is 6.92 Å². The van der Waals surface area contributed by atoms with E-state index in [1.54, 1.807) is 35.7 Å². The summed E-state index contributed by atoms with van der Waals surface area (Å²) in [5.74, 6) is 0.638. The molecule has 2 aromatic carbocycles. The normalized spacial score (nSPS) is 18.0. The predicted molar refractivity (Wildman–Crippen MR) is 110 cm³/mol. The number of amides is 1. The topological polar surface area (TPSA) is 66.9 Å². The molecule has 0 atom stereocenters. The number of nitrogens with zero attached hydrogens (tertiary/aromatic N) is 2. The Morgan fingerprint density at radius 2 is 1.82 bits per heavy atom. The smallest absolute Gasteiger partial charge is 0.258 e. The maximum Gasteiger partial charge on any atom is 0.258 e. The molecule has 2 heterocycles. The highest BCUT2D eigenvalue weighted by Gasteiger charge is 2.30. The molecule has 0 bridgehead atoms.